The molecule has 0 aromatic carbocycles. The third-order valence-corrected chi connectivity index (χ3v) is 4.88. The Kier molecular flexibility index (Phi) is 16.9. The molecule has 1 radical (unpaired) electrons. The van der Waals surface area contributed by atoms with E-state index in [4.69, 9.17) is 9.47 Å². The molecular formula is C14H28NNaO6P. The van der Waals surface area contributed by atoms with E-state index >= 15 is 0 Å². The Morgan fingerprint density at radius 2 is 1.65 bits per heavy atom. The minimum absolute atomic E-state index is 0. The van der Waals surface area contributed by atoms with Crippen molar-refractivity contribution < 1.29 is 28.5 Å². The summed E-state index contributed by atoms with van der Waals surface area (Å²) in [6.07, 6.45) is 3.03. The van der Waals surface area contributed by atoms with Gasteiger partial charge in [0.15, 0.2) is 0 Å². The van der Waals surface area contributed by atoms with Crippen LogP contribution in [0, 0.1) is 0 Å². The van der Waals surface area contributed by atoms with E-state index in [2.05, 4.69) is 5.32 Å². The SMILES string of the molecule is CCCCP(=O)(O)CCCNC(=O)OCCOC(=O)CCC.[Na]. The van der Waals surface area contributed by atoms with Crippen LogP contribution >= 0.6 is 7.37 Å². The van der Waals surface area contributed by atoms with Crippen molar-refractivity contribution in [3.8, 4) is 0 Å². The maximum atomic E-state index is 11.7. The number of hydrogen-bond donors (Lipinski definition) is 2. The van der Waals surface area contributed by atoms with Crippen LogP contribution in [0.25, 0.3) is 0 Å². The Hall–Kier alpha value is -0.0700. The molecule has 2 N–H and O–H groups in total. The Balaban J connectivity index is 0. The number of carbonyl (C=O) groups excluding carboxylic acids is 2. The second kappa shape index (κ2) is 15.5. The Labute approximate surface area is 160 Å². The van der Waals surface area contributed by atoms with Gasteiger partial charge in [-0.3, -0.25) is 9.36 Å². The molecule has 131 valence electrons. The third kappa shape index (κ3) is 16.6. The maximum Gasteiger partial charge on any atom is 0.407 e. The van der Waals surface area contributed by atoms with E-state index in [1.54, 1.807) is 0 Å². The van der Waals surface area contributed by atoms with Crippen LogP contribution in [0.3, 0.4) is 0 Å². The van der Waals surface area contributed by atoms with Gasteiger partial charge in [-0.15, -0.1) is 0 Å². The average Bonchev–Trinajstić information content (AvgIpc) is 2.46. The largest absolute Gasteiger partial charge is 0.462 e. The van der Waals surface area contributed by atoms with Crippen molar-refractivity contribution in [3.05, 3.63) is 0 Å². The van der Waals surface area contributed by atoms with E-state index in [1.807, 2.05) is 13.8 Å². The zero-order valence-electron chi connectivity index (χ0n) is 14.5. The zero-order valence-corrected chi connectivity index (χ0v) is 17.4. The van der Waals surface area contributed by atoms with Crippen LogP contribution in [0.4, 0.5) is 4.79 Å². The van der Waals surface area contributed by atoms with E-state index in [-0.39, 0.29) is 61.4 Å². The smallest absolute Gasteiger partial charge is 0.407 e. The molecule has 0 aliphatic heterocycles. The van der Waals surface area contributed by atoms with Crippen molar-refractivity contribution in [3.63, 3.8) is 0 Å². The molecule has 9 heteroatoms. The molecule has 0 aromatic rings. The molecule has 1 atom stereocenters. The molecule has 0 saturated carbocycles. The van der Waals surface area contributed by atoms with Crippen molar-refractivity contribution in [1.82, 2.24) is 5.32 Å². The minimum Gasteiger partial charge on any atom is -0.462 e. The van der Waals surface area contributed by atoms with Gasteiger partial charge in [0, 0.05) is 54.8 Å². The van der Waals surface area contributed by atoms with E-state index in [1.165, 1.54) is 0 Å². The summed E-state index contributed by atoms with van der Waals surface area (Å²) >= 11 is 0. The summed E-state index contributed by atoms with van der Waals surface area (Å²) in [6, 6.07) is 0. The van der Waals surface area contributed by atoms with Crippen molar-refractivity contribution in [2.75, 3.05) is 32.1 Å². The number of esters is 1. The van der Waals surface area contributed by atoms with E-state index in [0.717, 1.165) is 12.8 Å². The van der Waals surface area contributed by atoms with Gasteiger partial charge >= 0.3 is 12.1 Å². The van der Waals surface area contributed by atoms with Crippen molar-refractivity contribution >= 4 is 49.0 Å². The van der Waals surface area contributed by atoms with E-state index < -0.39 is 13.5 Å². The number of ether oxygens (including phenoxy) is 2. The normalized spacial score (nSPS) is 12.7. The van der Waals surface area contributed by atoms with Crippen LogP contribution in [0.15, 0.2) is 0 Å². The van der Waals surface area contributed by atoms with Crippen molar-refractivity contribution in [2.24, 2.45) is 0 Å². The maximum absolute atomic E-state index is 11.7. The molecule has 0 bridgehead atoms. The standard InChI is InChI=1S/C14H28NO6P.Na/c1-3-5-11-22(18,19)12-6-8-15-14(17)21-10-9-20-13(16)7-4-2;/h3-12H2,1-2H3,(H,15,17)(H,18,19);. The van der Waals surface area contributed by atoms with Gasteiger partial charge in [-0.25, -0.2) is 4.79 Å². The first-order chi connectivity index (χ1) is 10.4. The van der Waals surface area contributed by atoms with Crippen LogP contribution in [0.5, 0.6) is 0 Å². The van der Waals surface area contributed by atoms with Gasteiger partial charge in [-0.05, 0) is 19.3 Å². The summed E-state index contributed by atoms with van der Waals surface area (Å²) in [6.45, 7) is 4.16. The van der Waals surface area contributed by atoms with Gasteiger partial charge in [0.25, 0.3) is 0 Å². The molecule has 1 unspecified atom stereocenters. The minimum atomic E-state index is -3.06. The van der Waals surface area contributed by atoms with Gasteiger partial charge < -0.3 is 19.7 Å². The van der Waals surface area contributed by atoms with Crippen LogP contribution in [-0.2, 0) is 18.8 Å². The Morgan fingerprint density at radius 1 is 1.04 bits per heavy atom. The number of nitrogens with one attached hydrogen (secondary N) is 1. The van der Waals surface area contributed by atoms with Crippen molar-refractivity contribution in [2.45, 2.75) is 46.0 Å². The summed E-state index contributed by atoms with van der Waals surface area (Å²) in [5.74, 6) is -0.308. The Morgan fingerprint density at radius 3 is 2.26 bits per heavy atom. The van der Waals surface area contributed by atoms with Gasteiger partial charge in [0.1, 0.15) is 13.2 Å². The fourth-order valence-corrected chi connectivity index (χ4v) is 3.34. The topological polar surface area (TPSA) is 102 Å². The number of unbranched alkanes of at least 4 members (excludes halogenated alkanes) is 1. The summed E-state index contributed by atoms with van der Waals surface area (Å²) in [7, 11) is -3.06. The molecule has 0 aromatic heterocycles. The van der Waals surface area contributed by atoms with Crippen molar-refractivity contribution in [1.29, 1.82) is 0 Å². The van der Waals surface area contributed by atoms with Crippen LogP contribution in [-0.4, -0.2) is 78.6 Å². The summed E-state index contributed by atoms with van der Waals surface area (Å²) < 4.78 is 21.3. The third-order valence-electron chi connectivity index (χ3n) is 2.85. The first-order valence-electron chi connectivity index (χ1n) is 7.78. The number of carbonyl (C=O) groups is 2. The molecular weight excluding hydrogens is 332 g/mol. The molecule has 0 spiro atoms. The van der Waals surface area contributed by atoms with Gasteiger partial charge in [-0.2, -0.15) is 0 Å². The van der Waals surface area contributed by atoms with Gasteiger partial charge in [0.2, 0.25) is 7.37 Å². The second-order valence-corrected chi connectivity index (χ2v) is 7.62. The summed E-state index contributed by atoms with van der Waals surface area (Å²) in [4.78, 5) is 32.0. The first kappa shape index (κ1) is 25.2. The number of rotatable bonds is 12. The number of amides is 1. The summed E-state index contributed by atoms with van der Waals surface area (Å²) in [5, 5.41) is 2.49. The predicted octanol–water partition coefficient (Wildman–Crippen LogP) is 2.14. The predicted molar refractivity (Wildman–Crippen MR) is 90.1 cm³/mol. The fourth-order valence-electron chi connectivity index (χ4n) is 1.65. The average molecular weight is 360 g/mol. The van der Waals surface area contributed by atoms with E-state index in [9.17, 15) is 19.0 Å². The number of hydrogen-bond acceptors (Lipinski definition) is 5. The van der Waals surface area contributed by atoms with Crippen LogP contribution in [0.2, 0.25) is 0 Å². The molecule has 23 heavy (non-hydrogen) atoms. The fraction of sp³-hybridized carbons (Fsp3) is 0.857. The molecule has 0 aliphatic carbocycles. The molecule has 7 nitrogen and oxygen atoms in total. The molecule has 1 amide bonds. The number of alkyl carbamates (subject to hydrolysis) is 1. The molecule has 0 aliphatic rings. The summed E-state index contributed by atoms with van der Waals surface area (Å²) in [5.41, 5.74) is 0. The monoisotopic (exact) mass is 360 g/mol. The van der Waals surface area contributed by atoms with Gasteiger partial charge in [-0.1, -0.05) is 20.3 Å². The second-order valence-electron chi connectivity index (χ2n) is 5.03. The van der Waals surface area contributed by atoms with Crippen LogP contribution < -0.4 is 5.32 Å². The molecule has 0 saturated heterocycles. The quantitative estimate of drug-likeness (QED) is 0.239. The van der Waals surface area contributed by atoms with Crippen LogP contribution in [0.1, 0.15) is 46.0 Å². The molecule has 0 heterocycles. The first-order valence-corrected chi connectivity index (χ1v) is 9.81. The molecule has 0 rings (SSSR count). The zero-order chi connectivity index (χ0) is 16.8. The molecule has 0 fully saturated rings. The Bertz CT molecular complexity index is 380. The van der Waals surface area contributed by atoms with Gasteiger partial charge in [0.05, 0.1) is 0 Å². The van der Waals surface area contributed by atoms with E-state index in [0.29, 0.717) is 25.4 Å².